The van der Waals surface area contributed by atoms with Gasteiger partial charge in [0, 0.05) is 37.1 Å². The maximum atomic E-state index is 15.9. The molecule has 2 aliphatic rings. The molecular formula is C24H20ClF2N3O4. The van der Waals surface area contributed by atoms with Crippen LogP contribution in [0, 0.1) is 11.6 Å². The summed E-state index contributed by atoms with van der Waals surface area (Å²) in [6, 6.07) is 5.17. The molecule has 1 N–H and O–H groups in total. The molecule has 1 aromatic heterocycles. The largest absolute Gasteiger partial charge is 0.507 e. The summed E-state index contributed by atoms with van der Waals surface area (Å²) in [4.78, 5) is 19.9. The van der Waals surface area contributed by atoms with E-state index in [4.69, 9.17) is 21.1 Å². The summed E-state index contributed by atoms with van der Waals surface area (Å²) in [6.07, 6.45) is 1.27. The summed E-state index contributed by atoms with van der Waals surface area (Å²) in [7, 11) is 0. The first-order valence-corrected chi connectivity index (χ1v) is 11.0. The van der Waals surface area contributed by atoms with Crippen molar-refractivity contribution in [1.29, 1.82) is 0 Å². The highest BCUT2D eigenvalue weighted by atomic mass is 35.5. The lowest BCUT2D eigenvalue weighted by Gasteiger charge is -2.37. The number of ether oxygens (including phenoxy) is 2. The number of aromatic hydroxyl groups is 1. The van der Waals surface area contributed by atoms with Crippen molar-refractivity contribution in [2.75, 3.05) is 44.3 Å². The van der Waals surface area contributed by atoms with Gasteiger partial charge in [-0.05, 0) is 24.3 Å². The highest BCUT2D eigenvalue weighted by Crippen LogP contribution is 2.48. The van der Waals surface area contributed by atoms with Crippen LogP contribution in [0.4, 0.5) is 14.5 Å². The fraction of sp³-hybridized carbons (Fsp3) is 0.250. The first-order valence-electron chi connectivity index (χ1n) is 10.7. The predicted molar refractivity (Wildman–Crippen MR) is 124 cm³/mol. The highest BCUT2D eigenvalue weighted by molar-refractivity contribution is 6.34. The lowest BCUT2D eigenvalue weighted by Crippen LogP contribution is -2.48. The Bertz CT molecular complexity index is 1310. The van der Waals surface area contributed by atoms with Crippen LogP contribution in [0.1, 0.15) is 0 Å². The molecule has 0 unspecified atom stereocenters. The maximum Gasteiger partial charge on any atom is 0.260 e. The number of halogens is 3. The number of carbonyl (C=O) groups excluding carboxylic acids is 1. The molecule has 1 fully saturated rings. The zero-order valence-electron chi connectivity index (χ0n) is 18.0. The number of phenolic OH excluding ortho intramolecular Hbond substituents is 1. The minimum atomic E-state index is -0.887. The molecule has 5 rings (SSSR count). The molecule has 10 heteroatoms. The summed E-state index contributed by atoms with van der Waals surface area (Å²) in [5, 5.41) is 10.5. The Labute approximate surface area is 198 Å². The molecule has 2 aliphatic heterocycles. The van der Waals surface area contributed by atoms with Crippen molar-refractivity contribution in [3.05, 3.63) is 53.6 Å². The van der Waals surface area contributed by atoms with E-state index >= 15 is 4.39 Å². The van der Waals surface area contributed by atoms with Crippen LogP contribution in [0.3, 0.4) is 0 Å². The van der Waals surface area contributed by atoms with E-state index < -0.39 is 17.4 Å². The summed E-state index contributed by atoms with van der Waals surface area (Å²) in [5.74, 6) is -1.84. The number of carbonyl (C=O) groups is 1. The normalized spacial score (nSPS) is 15.5. The lowest BCUT2D eigenvalue weighted by atomic mass is 9.99. The molecular weight excluding hydrogens is 468 g/mol. The third kappa shape index (κ3) is 3.56. The third-order valence-electron chi connectivity index (χ3n) is 5.96. The highest BCUT2D eigenvalue weighted by Gasteiger charge is 2.31. The minimum Gasteiger partial charge on any atom is -0.507 e. The molecule has 3 heterocycles. The van der Waals surface area contributed by atoms with E-state index in [1.807, 2.05) is 4.90 Å². The molecule has 0 atom stereocenters. The molecule has 0 spiro atoms. The minimum absolute atomic E-state index is 0.0918. The SMILES string of the molecule is C=CC(=O)N1CCN(c2c3c(nc4c(F)c(-c5c(O)cccc5F)c(Cl)cc24)OCCO3)CC1. The number of phenols is 1. The Balaban J connectivity index is 1.70. The van der Waals surface area contributed by atoms with Gasteiger partial charge in [0.05, 0.1) is 16.3 Å². The molecule has 0 radical (unpaired) electrons. The van der Waals surface area contributed by atoms with Gasteiger partial charge in [-0.2, -0.15) is 0 Å². The van der Waals surface area contributed by atoms with Crippen LogP contribution in [-0.4, -0.2) is 60.3 Å². The van der Waals surface area contributed by atoms with E-state index in [1.54, 1.807) is 4.90 Å². The van der Waals surface area contributed by atoms with Crippen molar-refractivity contribution in [1.82, 2.24) is 9.88 Å². The molecule has 0 aliphatic carbocycles. The van der Waals surface area contributed by atoms with Crippen LogP contribution in [0.5, 0.6) is 17.4 Å². The number of hydrogen-bond donors (Lipinski definition) is 1. The first-order chi connectivity index (χ1) is 16.4. The van der Waals surface area contributed by atoms with Crippen LogP contribution in [-0.2, 0) is 4.79 Å². The standard InChI is InChI=1S/C24H20ClF2N3O4/c1-2-17(32)29-6-8-30(9-7-29)22-13-12-14(25)18(19-15(26)4-3-5-16(19)31)20(27)21(13)28-24-23(22)33-10-11-34-24/h2-5,12,31H,1,6-11H2. The van der Waals surface area contributed by atoms with Crippen molar-refractivity contribution >= 4 is 34.1 Å². The Morgan fingerprint density at radius 2 is 1.88 bits per heavy atom. The van der Waals surface area contributed by atoms with Crippen molar-refractivity contribution in [2.24, 2.45) is 0 Å². The Morgan fingerprint density at radius 1 is 1.15 bits per heavy atom. The molecule has 34 heavy (non-hydrogen) atoms. The van der Waals surface area contributed by atoms with Gasteiger partial charge in [-0.1, -0.05) is 24.2 Å². The number of aromatic nitrogens is 1. The van der Waals surface area contributed by atoms with Crippen LogP contribution in [0.25, 0.3) is 22.0 Å². The van der Waals surface area contributed by atoms with Gasteiger partial charge in [-0.15, -0.1) is 0 Å². The maximum absolute atomic E-state index is 15.9. The Morgan fingerprint density at radius 3 is 2.59 bits per heavy atom. The second-order valence-electron chi connectivity index (χ2n) is 7.89. The van der Waals surface area contributed by atoms with Crippen molar-refractivity contribution in [3.63, 3.8) is 0 Å². The van der Waals surface area contributed by atoms with Crippen molar-refractivity contribution in [3.8, 4) is 28.5 Å². The zero-order chi connectivity index (χ0) is 24.0. The summed E-state index contributed by atoms with van der Waals surface area (Å²) >= 11 is 6.46. The molecule has 1 saturated heterocycles. The fourth-order valence-electron chi connectivity index (χ4n) is 4.37. The third-order valence-corrected chi connectivity index (χ3v) is 6.26. The van der Waals surface area contributed by atoms with Gasteiger partial charge in [0.25, 0.3) is 5.88 Å². The van der Waals surface area contributed by atoms with E-state index in [2.05, 4.69) is 11.6 Å². The number of rotatable bonds is 3. The molecule has 0 bridgehead atoms. The number of benzene rings is 2. The van der Waals surface area contributed by atoms with Crippen LogP contribution in [0.2, 0.25) is 5.02 Å². The molecule has 1 amide bonds. The Kier molecular flexibility index (Phi) is 5.65. The number of amides is 1. The topological polar surface area (TPSA) is 75.1 Å². The average molecular weight is 488 g/mol. The van der Waals surface area contributed by atoms with Crippen molar-refractivity contribution < 1.29 is 28.2 Å². The predicted octanol–water partition coefficient (Wildman–Crippen LogP) is 4.14. The number of nitrogens with zero attached hydrogens (tertiary/aromatic N) is 3. The van der Waals surface area contributed by atoms with E-state index in [9.17, 15) is 14.3 Å². The van der Waals surface area contributed by atoms with Gasteiger partial charge < -0.3 is 24.4 Å². The number of pyridine rings is 1. The second kappa shape index (κ2) is 8.64. The van der Waals surface area contributed by atoms with Gasteiger partial charge in [-0.3, -0.25) is 4.79 Å². The summed E-state index contributed by atoms with van der Waals surface area (Å²) < 4.78 is 42.0. The number of fused-ring (bicyclic) bond motifs is 2. The zero-order valence-corrected chi connectivity index (χ0v) is 18.7. The lowest BCUT2D eigenvalue weighted by molar-refractivity contribution is -0.126. The van der Waals surface area contributed by atoms with Crippen LogP contribution < -0.4 is 14.4 Å². The fourth-order valence-corrected chi connectivity index (χ4v) is 4.65. The summed E-state index contributed by atoms with van der Waals surface area (Å²) in [5.41, 5.74) is -0.190. The van der Waals surface area contributed by atoms with E-state index in [1.165, 1.54) is 24.3 Å². The smallest absolute Gasteiger partial charge is 0.260 e. The molecule has 7 nitrogen and oxygen atoms in total. The Hall–Kier alpha value is -3.59. The van der Waals surface area contributed by atoms with E-state index in [-0.39, 0.29) is 40.1 Å². The molecule has 2 aromatic carbocycles. The van der Waals surface area contributed by atoms with Crippen LogP contribution >= 0.6 is 11.6 Å². The average Bonchev–Trinajstić information content (AvgIpc) is 2.84. The van der Waals surface area contributed by atoms with Gasteiger partial charge in [-0.25, -0.2) is 13.8 Å². The second-order valence-corrected chi connectivity index (χ2v) is 8.29. The summed E-state index contributed by atoms with van der Waals surface area (Å²) in [6.45, 7) is 5.82. The van der Waals surface area contributed by atoms with E-state index in [0.717, 1.165) is 6.07 Å². The quantitative estimate of drug-likeness (QED) is 0.560. The van der Waals surface area contributed by atoms with E-state index in [0.29, 0.717) is 49.6 Å². The molecule has 0 saturated carbocycles. The number of hydrogen-bond acceptors (Lipinski definition) is 6. The molecule has 176 valence electrons. The number of piperazine rings is 1. The van der Waals surface area contributed by atoms with Gasteiger partial charge in [0.1, 0.15) is 30.3 Å². The van der Waals surface area contributed by atoms with Crippen molar-refractivity contribution in [2.45, 2.75) is 0 Å². The number of anilines is 1. The van der Waals surface area contributed by atoms with Gasteiger partial charge in [0.15, 0.2) is 5.82 Å². The molecule has 3 aromatic rings. The van der Waals surface area contributed by atoms with Gasteiger partial charge >= 0.3 is 0 Å². The van der Waals surface area contributed by atoms with Crippen LogP contribution in [0.15, 0.2) is 36.9 Å². The first kappa shape index (κ1) is 22.2. The monoisotopic (exact) mass is 487 g/mol. The van der Waals surface area contributed by atoms with Gasteiger partial charge in [0.2, 0.25) is 11.7 Å².